The molecule has 1 aromatic carbocycles. The van der Waals surface area contributed by atoms with E-state index >= 15 is 0 Å². The maximum atomic E-state index is 13.0. The molecule has 2 N–H and O–H groups in total. The summed E-state index contributed by atoms with van der Waals surface area (Å²) in [6.45, 7) is 3.12. The Morgan fingerprint density at radius 3 is 2.48 bits per heavy atom. The summed E-state index contributed by atoms with van der Waals surface area (Å²) in [6, 6.07) is 3.60. The van der Waals surface area contributed by atoms with Crippen LogP contribution in [0.15, 0.2) is 18.2 Å². The zero-order valence-corrected chi connectivity index (χ0v) is 12.1. The minimum atomic E-state index is -1.28. The van der Waals surface area contributed by atoms with Crippen LogP contribution >= 0.6 is 0 Å². The predicted molar refractivity (Wildman–Crippen MR) is 73.8 cm³/mol. The summed E-state index contributed by atoms with van der Waals surface area (Å²) < 4.78 is 25.8. The fraction of sp³-hybridized carbons (Fsp3) is 0.467. The van der Waals surface area contributed by atoms with Gasteiger partial charge >= 0.3 is 5.97 Å². The number of benzene rings is 1. The number of aryl methyl sites for hydroxylation is 1. The number of carbonyl (C=O) groups excluding carboxylic acids is 1. The second-order valence-corrected chi connectivity index (χ2v) is 5.14. The van der Waals surface area contributed by atoms with Crippen LogP contribution in [0, 0.1) is 11.6 Å². The molecule has 0 fully saturated rings. The Balaban J connectivity index is 2.46. The van der Waals surface area contributed by atoms with Crippen molar-refractivity contribution in [3.05, 3.63) is 35.4 Å². The molecule has 1 unspecified atom stereocenters. The maximum Gasteiger partial charge on any atom is 0.329 e. The number of aliphatic carboxylic acids is 1. The van der Waals surface area contributed by atoms with Gasteiger partial charge in [0.1, 0.15) is 5.54 Å². The van der Waals surface area contributed by atoms with Gasteiger partial charge in [0, 0.05) is 6.42 Å². The van der Waals surface area contributed by atoms with Crippen molar-refractivity contribution in [2.45, 2.75) is 45.1 Å². The van der Waals surface area contributed by atoms with E-state index in [9.17, 15) is 18.4 Å². The van der Waals surface area contributed by atoms with Crippen molar-refractivity contribution in [2.75, 3.05) is 0 Å². The zero-order chi connectivity index (χ0) is 16.0. The SMILES string of the molecule is CCC(C)(NC(=O)CCCc1ccc(F)c(F)c1)C(=O)O. The third-order valence-electron chi connectivity index (χ3n) is 3.45. The first-order valence-corrected chi connectivity index (χ1v) is 6.77. The van der Waals surface area contributed by atoms with Crippen molar-refractivity contribution in [3.63, 3.8) is 0 Å². The van der Waals surface area contributed by atoms with Gasteiger partial charge in [-0.05, 0) is 43.9 Å². The summed E-state index contributed by atoms with van der Waals surface area (Å²) in [7, 11) is 0. The highest BCUT2D eigenvalue weighted by Gasteiger charge is 2.32. The molecule has 0 heterocycles. The molecule has 6 heteroatoms. The highest BCUT2D eigenvalue weighted by atomic mass is 19.2. The highest BCUT2D eigenvalue weighted by molar-refractivity contribution is 5.86. The Kier molecular flexibility index (Phi) is 5.81. The topological polar surface area (TPSA) is 66.4 Å². The molecule has 1 rings (SSSR count). The first-order chi connectivity index (χ1) is 9.78. The Morgan fingerprint density at radius 2 is 1.95 bits per heavy atom. The van der Waals surface area contributed by atoms with Crippen LogP contribution < -0.4 is 5.32 Å². The lowest BCUT2D eigenvalue weighted by Gasteiger charge is -2.24. The molecule has 0 radical (unpaired) electrons. The number of halogens is 2. The van der Waals surface area contributed by atoms with E-state index in [-0.39, 0.29) is 18.7 Å². The van der Waals surface area contributed by atoms with Gasteiger partial charge in [0.05, 0.1) is 0 Å². The second kappa shape index (κ2) is 7.15. The monoisotopic (exact) mass is 299 g/mol. The minimum absolute atomic E-state index is 0.127. The van der Waals surface area contributed by atoms with Gasteiger partial charge in [-0.1, -0.05) is 13.0 Å². The van der Waals surface area contributed by atoms with Gasteiger partial charge in [-0.3, -0.25) is 4.79 Å². The van der Waals surface area contributed by atoms with E-state index in [4.69, 9.17) is 5.11 Å². The van der Waals surface area contributed by atoms with E-state index in [0.29, 0.717) is 18.4 Å². The normalized spacial score (nSPS) is 13.5. The van der Waals surface area contributed by atoms with Crippen LogP contribution in [0.5, 0.6) is 0 Å². The zero-order valence-electron chi connectivity index (χ0n) is 12.1. The summed E-state index contributed by atoms with van der Waals surface area (Å²) in [5.74, 6) is -3.28. The number of carboxylic acid groups (broad SMARTS) is 1. The van der Waals surface area contributed by atoms with Gasteiger partial charge < -0.3 is 10.4 Å². The molecule has 0 aliphatic rings. The van der Waals surface area contributed by atoms with Crippen molar-refractivity contribution in [3.8, 4) is 0 Å². The lowest BCUT2D eigenvalue weighted by Crippen LogP contribution is -2.51. The van der Waals surface area contributed by atoms with E-state index in [1.54, 1.807) is 6.92 Å². The molecule has 116 valence electrons. The van der Waals surface area contributed by atoms with Gasteiger partial charge in [0.15, 0.2) is 11.6 Å². The molecule has 0 aliphatic carbocycles. The van der Waals surface area contributed by atoms with Crippen LogP contribution in [0.4, 0.5) is 8.78 Å². The largest absolute Gasteiger partial charge is 0.480 e. The third kappa shape index (κ3) is 4.81. The Bertz CT molecular complexity index is 534. The standard InChI is InChI=1S/C15H19F2NO3/c1-3-15(2,14(20)21)18-13(19)6-4-5-10-7-8-11(16)12(17)9-10/h7-9H,3-6H2,1-2H3,(H,18,19)(H,20,21). The number of carbonyl (C=O) groups is 2. The Morgan fingerprint density at radius 1 is 1.29 bits per heavy atom. The van der Waals surface area contributed by atoms with Crippen LogP contribution in [-0.2, 0) is 16.0 Å². The first kappa shape index (κ1) is 17.1. The number of hydrogen-bond donors (Lipinski definition) is 2. The highest BCUT2D eigenvalue weighted by Crippen LogP contribution is 2.13. The number of carboxylic acids is 1. The molecule has 1 amide bonds. The van der Waals surface area contributed by atoms with Gasteiger partial charge in [0.2, 0.25) is 5.91 Å². The Hall–Kier alpha value is -1.98. The van der Waals surface area contributed by atoms with E-state index < -0.39 is 23.1 Å². The molecular weight excluding hydrogens is 280 g/mol. The van der Waals surface area contributed by atoms with Crippen LogP contribution in [0.2, 0.25) is 0 Å². The molecule has 1 atom stereocenters. The van der Waals surface area contributed by atoms with Crippen LogP contribution in [0.25, 0.3) is 0 Å². The quantitative estimate of drug-likeness (QED) is 0.813. The van der Waals surface area contributed by atoms with Gasteiger partial charge in [-0.2, -0.15) is 0 Å². The number of nitrogens with one attached hydrogen (secondary N) is 1. The van der Waals surface area contributed by atoms with Crippen molar-refractivity contribution in [1.82, 2.24) is 5.32 Å². The third-order valence-corrected chi connectivity index (χ3v) is 3.45. The molecule has 0 saturated carbocycles. The second-order valence-electron chi connectivity index (χ2n) is 5.14. The molecular formula is C15H19F2NO3. The molecule has 1 aromatic rings. The summed E-state index contributed by atoms with van der Waals surface area (Å²) in [6.07, 6.45) is 1.25. The first-order valence-electron chi connectivity index (χ1n) is 6.77. The smallest absolute Gasteiger partial charge is 0.329 e. The molecule has 4 nitrogen and oxygen atoms in total. The molecule has 0 saturated heterocycles. The summed E-state index contributed by atoms with van der Waals surface area (Å²) in [4.78, 5) is 22.8. The number of hydrogen-bond acceptors (Lipinski definition) is 2. The van der Waals surface area contributed by atoms with Gasteiger partial charge in [0.25, 0.3) is 0 Å². The Labute approximate surface area is 122 Å². The van der Waals surface area contributed by atoms with Crippen molar-refractivity contribution in [1.29, 1.82) is 0 Å². The average molecular weight is 299 g/mol. The summed E-state index contributed by atoms with van der Waals surface area (Å²) in [5, 5.41) is 11.5. The van der Waals surface area contributed by atoms with Gasteiger partial charge in [-0.15, -0.1) is 0 Å². The van der Waals surface area contributed by atoms with E-state index in [1.807, 2.05) is 0 Å². The van der Waals surface area contributed by atoms with E-state index in [2.05, 4.69) is 5.32 Å². The minimum Gasteiger partial charge on any atom is -0.480 e. The van der Waals surface area contributed by atoms with Crippen LogP contribution in [0.1, 0.15) is 38.7 Å². The van der Waals surface area contributed by atoms with Crippen molar-refractivity contribution >= 4 is 11.9 Å². The molecule has 21 heavy (non-hydrogen) atoms. The lowest BCUT2D eigenvalue weighted by molar-refractivity contribution is -0.147. The predicted octanol–water partition coefficient (Wildman–Crippen LogP) is 2.66. The van der Waals surface area contributed by atoms with Crippen LogP contribution in [-0.4, -0.2) is 22.5 Å². The van der Waals surface area contributed by atoms with E-state index in [1.165, 1.54) is 13.0 Å². The van der Waals surface area contributed by atoms with Crippen molar-refractivity contribution < 1.29 is 23.5 Å². The summed E-state index contributed by atoms with van der Waals surface area (Å²) >= 11 is 0. The number of rotatable bonds is 7. The van der Waals surface area contributed by atoms with Crippen molar-refractivity contribution in [2.24, 2.45) is 0 Å². The lowest BCUT2D eigenvalue weighted by atomic mass is 9.98. The van der Waals surface area contributed by atoms with E-state index in [0.717, 1.165) is 12.1 Å². The van der Waals surface area contributed by atoms with Gasteiger partial charge in [-0.25, -0.2) is 13.6 Å². The molecule has 0 aliphatic heterocycles. The van der Waals surface area contributed by atoms with Crippen LogP contribution in [0.3, 0.4) is 0 Å². The average Bonchev–Trinajstić information content (AvgIpc) is 2.42. The maximum absolute atomic E-state index is 13.0. The molecule has 0 aromatic heterocycles. The fourth-order valence-corrected chi connectivity index (χ4v) is 1.81. The molecule has 0 bridgehead atoms. The summed E-state index contributed by atoms with van der Waals surface area (Å²) in [5.41, 5.74) is -0.683. The fourth-order valence-electron chi connectivity index (χ4n) is 1.81. The number of amides is 1. The molecule has 0 spiro atoms.